The average Bonchev–Trinajstić information content (AvgIpc) is 3.24. The van der Waals surface area contributed by atoms with Crippen LogP contribution in [-0.2, 0) is 26.2 Å². The Hall–Kier alpha value is -3.23. The first kappa shape index (κ1) is 19.1. The van der Waals surface area contributed by atoms with Gasteiger partial charge in [-0.05, 0) is 41.3 Å². The van der Waals surface area contributed by atoms with Gasteiger partial charge in [0.2, 0.25) is 0 Å². The summed E-state index contributed by atoms with van der Waals surface area (Å²) in [7, 11) is 1.86. The molecule has 3 heterocycles. The van der Waals surface area contributed by atoms with Crippen LogP contribution in [0.4, 0.5) is 19.0 Å². The number of fused-ring (bicyclic) bond motifs is 1. The second-order valence-corrected chi connectivity index (χ2v) is 7.13. The van der Waals surface area contributed by atoms with Crippen molar-refractivity contribution in [3.8, 4) is 0 Å². The molecule has 3 aromatic rings. The van der Waals surface area contributed by atoms with Gasteiger partial charge in [-0.1, -0.05) is 13.0 Å². The number of carbonyl (C=O) groups is 1. The molecule has 29 heavy (non-hydrogen) atoms. The van der Waals surface area contributed by atoms with Crippen LogP contribution < -0.4 is 4.90 Å². The van der Waals surface area contributed by atoms with Crippen molar-refractivity contribution in [2.75, 3.05) is 4.90 Å². The summed E-state index contributed by atoms with van der Waals surface area (Å²) in [5.74, 6) is 0.735. The first-order chi connectivity index (χ1) is 13.8. The molecule has 0 radical (unpaired) electrons. The number of amides is 1. The van der Waals surface area contributed by atoms with Crippen molar-refractivity contribution in [1.29, 1.82) is 0 Å². The van der Waals surface area contributed by atoms with Gasteiger partial charge in [0.1, 0.15) is 18.0 Å². The minimum atomic E-state index is -4.51. The lowest BCUT2D eigenvalue weighted by Gasteiger charge is -2.18. The zero-order valence-electron chi connectivity index (χ0n) is 15.8. The van der Waals surface area contributed by atoms with Crippen LogP contribution in [0.2, 0.25) is 0 Å². The number of aromatic nitrogens is 4. The molecule has 150 valence electrons. The van der Waals surface area contributed by atoms with E-state index in [1.807, 2.05) is 24.6 Å². The predicted octanol–water partition coefficient (Wildman–Crippen LogP) is 3.74. The number of halogens is 3. The molecule has 0 bridgehead atoms. The van der Waals surface area contributed by atoms with Crippen LogP contribution in [0.15, 0.2) is 42.9 Å². The molecule has 1 amide bonds. The van der Waals surface area contributed by atoms with E-state index in [4.69, 9.17) is 0 Å². The maximum atomic E-state index is 13.3. The quantitative estimate of drug-likeness (QED) is 0.668. The first-order valence-electron chi connectivity index (χ1n) is 9.05. The Morgan fingerprint density at radius 1 is 1.24 bits per heavy atom. The minimum Gasteiger partial charge on any atom is -0.321 e. The molecule has 1 aliphatic rings. The number of alkyl halides is 3. The third-order valence-corrected chi connectivity index (χ3v) is 5.18. The van der Waals surface area contributed by atoms with Crippen molar-refractivity contribution in [3.63, 3.8) is 0 Å². The predicted molar refractivity (Wildman–Crippen MR) is 99.3 cm³/mol. The standard InChI is InChI=1S/C20H18F3N5O/c1-12(8-18-26-25-11-27(18)2)13-6-7-24-17(9-13)28-10-15-14(19(28)29)4-3-5-16(15)20(21,22)23/h3-7,9,11-12H,8,10H2,1-2H3/t12-/m0/s1. The summed E-state index contributed by atoms with van der Waals surface area (Å²) in [4.78, 5) is 18.3. The molecule has 0 N–H and O–H groups in total. The molecule has 0 unspecified atom stereocenters. The molecular formula is C20H18F3N5O. The number of anilines is 1. The molecule has 0 saturated heterocycles. The highest BCUT2D eigenvalue weighted by molar-refractivity contribution is 6.09. The van der Waals surface area contributed by atoms with Gasteiger partial charge in [0.15, 0.2) is 0 Å². The largest absolute Gasteiger partial charge is 0.416 e. The van der Waals surface area contributed by atoms with E-state index >= 15 is 0 Å². The fourth-order valence-electron chi connectivity index (χ4n) is 3.56. The highest BCUT2D eigenvalue weighted by atomic mass is 19.4. The van der Waals surface area contributed by atoms with Crippen molar-refractivity contribution >= 4 is 11.7 Å². The summed E-state index contributed by atoms with van der Waals surface area (Å²) in [5.41, 5.74) is 0.193. The maximum Gasteiger partial charge on any atom is 0.416 e. The summed E-state index contributed by atoms with van der Waals surface area (Å²) >= 11 is 0. The molecule has 0 aliphatic carbocycles. The smallest absolute Gasteiger partial charge is 0.321 e. The van der Waals surface area contributed by atoms with Crippen LogP contribution in [0.3, 0.4) is 0 Å². The van der Waals surface area contributed by atoms with Crippen LogP contribution in [0.1, 0.15) is 45.7 Å². The second kappa shape index (κ2) is 6.98. The van der Waals surface area contributed by atoms with E-state index in [2.05, 4.69) is 15.2 Å². The third-order valence-electron chi connectivity index (χ3n) is 5.18. The van der Waals surface area contributed by atoms with Gasteiger partial charge in [-0.25, -0.2) is 4.98 Å². The van der Waals surface area contributed by atoms with E-state index in [0.717, 1.165) is 17.5 Å². The van der Waals surface area contributed by atoms with Gasteiger partial charge in [-0.3, -0.25) is 9.69 Å². The number of nitrogens with zero attached hydrogens (tertiary/aromatic N) is 5. The molecule has 6 nitrogen and oxygen atoms in total. The number of hydrogen-bond donors (Lipinski definition) is 0. The van der Waals surface area contributed by atoms with Gasteiger partial charge in [0.05, 0.1) is 12.1 Å². The van der Waals surface area contributed by atoms with Gasteiger partial charge >= 0.3 is 6.18 Å². The van der Waals surface area contributed by atoms with Gasteiger partial charge in [0.25, 0.3) is 5.91 Å². The molecular weight excluding hydrogens is 383 g/mol. The van der Waals surface area contributed by atoms with Crippen molar-refractivity contribution in [1.82, 2.24) is 19.7 Å². The van der Waals surface area contributed by atoms with E-state index in [-0.39, 0.29) is 23.6 Å². The Morgan fingerprint density at radius 2 is 2.03 bits per heavy atom. The molecule has 4 rings (SSSR count). The van der Waals surface area contributed by atoms with E-state index in [1.165, 1.54) is 17.0 Å². The number of pyridine rings is 1. The van der Waals surface area contributed by atoms with E-state index in [1.54, 1.807) is 18.6 Å². The zero-order chi connectivity index (χ0) is 20.8. The fraction of sp³-hybridized carbons (Fsp3) is 0.300. The SMILES string of the molecule is C[C@@H](Cc1nncn1C)c1ccnc(N2Cc3c(cccc3C(F)(F)F)C2=O)c1. The summed E-state index contributed by atoms with van der Waals surface area (Å²) in [6.45, 7) is 1.86. The lowest BCUT2D eigenvalue weighted by Crippen LogP contribution is -2.24. The van der Waals surface area contributed by atoms with Crippen molar-refractivity contribution < 1.29 is 18.0 Å². The number of carbonyl (C=O) groups excluding carboxylic acids is 1. The van der Waals surface area contributed by atoms with E-state index in [0.29, 0.717) is 12.2 Å². The maximum absolute atomic E-state index is 13.3. The second-order valence-electron chi connectivity index (χ2n) is 7.13. The Kier molecular flexibility index (Phi) is 4.60. The third kappa shape index (κ3) is 3.48. The Balaban J connectivity index is 1.62. The van der Waals surface area contributed by atoms with Crippen LogP contribution in [0.5, 0.6) is 0 Å². The number of aryl methyl sites for hydroxylation is 1. The molecule has 1 atom stereocenters. The Bertz CT molecular complexity index is 1080. The van der Waals surface area contributed by atoms with Gasteiger partial charge < -0.3 is 4.57 Å². The molecule has 9 heteroatoms. The van der Waals surface area contributed by atoms with Crippen molar-refractivity contribution in [2.45, 2.75) is 32.0 Å². The van der Waals surface area contributed by atoms with Crippen molar-refractivity contribution in [3.05, 3.63) is 70.9 Å². The highest BCUT2D eigenvalue weighted by Crippen LogP contribution is 2.38. The zero-order valence-corrected chi connectivity index (χ0v) is 15.8. The first-order valence-corrected chi connectivity index (χ1v) is 9.05. The van der Waals surface area contributed by atoms with Crippen LogP contribution in [-0.4, -0.2) is 25.7 Å². The van der Waals surface area contributed by atoms with Crippen LogP contribution in [0.25, 0.3) is 0 Å². The van der Waals surface area contributed by atoms with Gasteiger partial charge in [0, 0.05) is 25.2 Å². The Labute approximate surface area is 165 Å². The Morgan fingerprint density at radius 3 is 2.72 bits per heavy atom. The molecule has 2 aromatic heterocycles. The lowest BCUT2D eigenvalue weighted by molar-refractivity contribution is -0.138. The molecule has 1 aliphatic heterocycles. The number of hydrogen-bond acceptors (Lipinski definition) is 4. The molecule has 1 aromatic carbocycles. The normalized spacial score (nSPS) is 14.9. The molecule has 0 saturated carbocycles. The fourth-order valence-corrected chi connectivity index (χ4v) is 3.56. The summed E-state index contributed by atoms with van der Waals surface area (Å²) in [6, 6.07) is 7.27. The molecule has 0 fully saturated rings. The number of benzene rings is 1. The highest BCUT2D eigenvalue weighted by Gasteiger charge is 2.40. The van der Waals surface area contributed by atoms with E-state index in [9.17, 15) is 18.0 Å². The summed E-state index contributed by atoms with van der Waals surface area (Å²) in [6.07, 6.45) is -0.689. The van der Waals surface area contributed by atoms with E-state index < -0.39 is 17.6 Å². The monoisotopic (exact) mass is 401 g/mol. The van der Waals surface area contributed by atoms with Crippen molar-refractivity contribution in [2.24, 2.45) is 7.05 Å². The minimum absolute atomic E-state index is 0.00987. The lowest BCUT2D eigenvalue weighted by atomic mass is 9.98. The number of rotatable bonds is 4. The topological polar surface area (TPSA) is 63.9 Å². The summed E-state index contributed by atoms with van der Waals surface area (Å²) in [5, 5.41) is 7.95. The molecule has 0 spiro atoms. The summed E-state index contributed by atoms with van der Waals surface area (Å²) < 4.78 is 41.8. The average molecular weight is 401 g/mol. The van der Waals surface area contributed by atoms with Crippen LogP contribution >= 0.6 is 0 Å². The van der Waals surface area contributed by atoms with Gasteiger partial charge in [-0.2, -0.15) is 13.2 Å². The van der Waals surface area contributed by atoms with Gasteiger partial charge in [-0.15, -0.1) is 10.2 Å². The van der Waals surface area contributed by atoms with Crippen LogP contribution in [0, 0.1) is 0 Å².